The first-order chi connectivity index (χ1) is 23.1. The monoisotopic (exact) mass is 600 g/mol. The Morgan fingerprint density at radius 1 is 0.447 bits per heavy atom. The van der Waals surface area contributed by atoms with Gasteiger partial charge < -0.3 is 9.13 Å². The van der Waals surface area contributed by atoms with Gasteiger partial charge in [-0.05, 0) is 52.6 Å². The SMILES string of the molecule is CC1(C)c2ccccc2-c2c1c1c3ccccc3n(-c3ccccc3-c3ccccc3)c1c1c3ccccc3n(-c3ccccc3)c21. The maximum Gasteiger partial charge on any atom is 0.0645 e. The lowest BCUT2D eigenvalue weighted by Crippen LogP contribution is -2.15. The van der Waals surface area contributed by atoms with E-state index in [9.17, 15) is 0 Å². The van der Waals surface area contributed by atoms with E-state index in [1.807, 2.05) is 0 Å². The predicted molar refractivity (Wildman–Crippen MR) is 198 cm³/mol. The van der Waals surface area contributed by atoms with Crippen molar-refractivity contribution in [2.24, 2.45) is 0 Å². The molecule has 0 radical (unpaired) electrons. The number of hydrogen-bond acceptors (Lipinski definition) is 0. The number of benzene rings is 7. The van der Waals surface area contributed by atoms with Crippen LogP contribution in [0.5, 0.6) is 0 Å². The molecule has 222 valence electrons. The number of para-hydroxylation sites is 4. The molecule has 0 aliphatic heterocycles. The maximum absolute atomic E-state index is 2.57. The van der Waals surface area contributed by atoms with Gasteiger partial charge in [0.25, 0.3) is 0 Å². The zero-order valence-corrected chi connectivity index (χ0v) is 26.4. The molecule has 2 heteroatoms. The Morgan fingerprint density at radius 3 is 1.74 bits per heavy atom. The van der Waals surface area contributed by atoms with E-state index in [1.165, 1.54) is 88.4 Å². The highest BCUT2D eigenvalue weighted by Crippen LogP contribution is 2.58. The quantitative estimate of drug-likeness (QED) is 0.191. The van der Waals surface area contributed by atoms with Crippen molar-refractivity contribution in [3.8, 4) is 33.6 Å². The summed E-state index contributed by atoms with van der Waals surface area (Å²) in [5.74, 6) is 0. The minimum atomic E-state index is -0.204. The number of hydrogen-bond donors (Lipinski definition) is 0. The van der Waals surface area contributed by atoms with Crippen LogP contribution in [0, 0.1) is 0 Å². The van der Waals surface area contributed by atoms with Gasteiger partial charge in [0, 0.05) is 43.8 Å². The van der Waals surface area contributed by atoms with Crippen molar-refractivity contribution < 1.29 is 0 Å². The van der Waals surface area contributed by atoms with Gasteiger partial charge in [-0.15, -0.1) is 0 Å². The first-order valence-electron chi connectivity index (χ1n) is 16.5. The lowest BCUT2D eigenvalue weighted by atomic mass is 9.80. The molecule has 9 aromatic rings. The smallest absolute Gasteiger partial charge is 0.0645 e. The number of nitrogens with zero attached hydrogens (tertiary/aromatic N) is 2. The topological polar surface area (TPSA) is 9.86 Å². The Bertz CT molecular complexity index is 2690. The van der Waals surface area contributed by atoms with E-state index < -0.39 is 0 Å². The number of fused-ring (bicyclic) bond motifs is 12. The van der Waals surface area contributed by atoms with Crippen LogP contribution >= 0.6 is 0 Å². The van der Waals surface area contributed by atoms with Crippen LogP contribution in [0.2, 0.25) is 0 Å². The van der Waals surface area contributed by atoms with Crippen LogP contribution in [0.1, 0.15) is 25.0 Å². The van der Waals surface area contributed by atoms with Gasteiger partial charge in [-0.3, -0.25) is 0 Å². The molecule has 7 aromatic carbocycles. The summed E-state index contributed by atoms with van der Waals surface area (Å²) < 4.78 is 5.09. The van der Waals surface area contributed by atoms with E-state index >= 15 is 0 Å². The Kier molecular flexibility index (Phi) is 5.37. The molecule has 0 amide bonds. The maximum atomic E-state index is 2.57. The average molecular weight is 601 g/mol. The summed E-state index contributed by atoms with van der Waals surface area (Å²) in [5, 5.41) is 5.21. The van der Waals surface area contributed by atoms with Gasteiger partial charge >= 0.3 is 0 Å². The van der Waals surface area contributed by atoms with Crippen molar-refractivity contribution in [3.63, 3.8) is 0 Å². The number of rotatable bonds is 3. The van der Waals surface area contributed by atoms with Crippen LogP contribution in [0.4, 0.5) is 0 Å². The molecular formula is C45H32N2. The normalized spacial score (nSPS) is 13.5. The van der Waals surface area contributed by atoms with Gasteiger partial charge in [0.15, 0.2) is 0 Å². The minimum absolute atomic E-state index is 0.204. The van der Waals surface area contributed by atoms with Crippen LogP contribution in [0.3, 0.4) is 0 Å². The van der Waals surface area contributed by atoms with E-state index in [0.29, 0.717) is 0 Å². The van der Waals surface area contributed by atoms with Crippen LogP contribution in [-0.2, 0) is 5.41 Å². The Hall–Kier alpha value is -5.86. The van der Waals surface area contributed by atoms with Gasteiger partial charge in [0.05, 0.1) is 27.8 Å². The molecule has 2 aromatic heterocycles. The predicted octanol–water partition coefficient (Wildman–Crippen LogP) is 11.9. The third-order valence-corrected chi connectivity index (χ3v) is 10.5. The Labute approximate surface area is 273 Å². The fraction of sp³-hybridized carbons (Fsp3) is 0.0667. The lowest BCUT2D eigenvalue weighted by Gasteiger charge is -2.23. The minimum Gasteiger partial charge on any atom is -0.309 e. The van der Waals surface area contributed by atoms with Gasteiger partial charge in [-0.1, -0.05) is 141 Å². The van der Waals surface area contributed by atoms with E-state index in [0.717, 1.165) is 0 Å². The summed E-state index contributed by atoms with van der Waals surface area (Å²) in [6.45, 7) is 4.84. The molecule has 0 saturated heterocycles. The van der Waals surface area contributed by atoms with Crippen molar-refractivity contribution in [1.29, 1.82) is 0 Å². The molecule has 0 atom stereocenters. The first-order valence-corrected chi connectivity index (χ1v) is 16.5. The van der Waals surface area contributed by atoms with E-state index in [1.54, 1.807) is 0 Å². The van der Waals surface area contributed by atoms with Gasteiger partial charge in [-0.25, -0.2) is 0 Å². The summed E-state index contributed by atoms with van der Waals surface area (Å²) in [4.78, 5) is 0. The summed E-state index contributed by atoms with van der Waals surface area (Å²) in [7, 11) is 0. The van der Waals surface area contributed by atoms with E-state index in [2.05, 4.69) is 181 Å². The molecule has 0 spiro atoms. The molecule has 1 aliphatic carbocycles. The largest absolute Gasteiger partial charge is 0.309 e. The van der Waals surface area contributed by atoms with Crippen molar-refractivity contribution >= 4 is 43.6 Å². The molecule has 0 unspecified atom stereocenters. The fourth-order valence-electron chi connectivity index (χ4n) is 8.58. The van der Waals surface area contributed by atoms with Crippen molar-refractivity contribution in [3.05, 3.63) is 169 Å². The molecule has 10 rings (SSSR count). The second kappa shape index (κ2) is 9.57. The third-order valence-electron chi connectivity index (χ3n) is 10.5. The molecule has 0 fully saturated rings. The Balaban J connectivity index is 1.54. The molecule has 0 N–H and O–H groups in total. The summed E-state index contributed by atoms with van der Waals surface area (Å²) >= 11 is 0. The summed E-state index contributed by atoms with van der Waals surface area (Å²) in [5.41, 5.74) is 15.1. The van der Waals surface area contributed by atoms with Crippen LogP contribution in [0.25, 0.3) is 77.2 Å². The van der Waals surface area contributed by atoms with E-state index in [-0.39, 0.29) is 5.41 Å². The van der Waals surface area contributed by atoms with Gasteiger partial charge in [-0.2, -0.15) is 0 Å². The van der Waals surface area contributed by atoms with Gasteiger partial charge in [0.1, 0.15) is 0 Å². The summed E-state index contributed by atoms with van der Waals surface area (Å²) in [6, 6.07) is 57.7. The van der Waals surface area contributed by atoms with Crippen LogP contribution in [0.15, 0.2) is 158 Å². The average Bonchev–Trinajstić information content (AvgIpc) is 3.73. The highest BCUT2D eigenvalue weighted by molar-refractivity contribution is 6.31. The third kappa shape index (κ3) is 3.45. The molecule has 2 heterocycles. The number of aromatic nitrogens is 2. The zero-order chi connectivity index (χ0) is 31.3. The summed E-state index contributed by atoms with van der Waals surface area (Å²) in [6.07, 6.45) is 0. The fourth-order valence-corrected chi connectivity index (χ4v) is 8.58. The van der Waals surface area contributed by atoms with Gasteiger partial charge in [0.2, 0.25) is 0 Å². The molecule has 0 bridgehead atoms. The van der Waals surface area contributed by atoms with Crippen molar-refractivity contribution in [2.45, 2.75) is 19.3 Å². The second-order valence-electron chi connectivity index (χ2n) is 13.3. The molecule has 47 heavy (non-hydrogen) atoms. The van der Waals surface area contributed by atoms with Crippen LogP contribution < -0.4 is 0 Å². The van der Waals surface area contributed by atoms with Crippen molar-refractivity contribution in [1.82, 2.24) is 9.13 Å². The molecule has 1 aliphatic rings. The zero-order valence-electron chi connectivity index (χ0n) is 26.4. The standard InChI is InChI=1S/C45H32N2/c1-45(2)35-25-13-9-22-32(35)39-42(45)40-33-23-11-16-28-38(33)47(36-26-14-10-21-31(36)29-17-5-3-6-18-29)44(40)41-34-24-12-15-27-37(34)46(43(39)41)30-19-7-4-8-20-30/h3-28H,1-2H3. The molecular weight excluding hydrogens is 569 g/mol. The lowest BCUT2D eigenvalue weighted by molar-refractivity contribution is 0.667. The molecule has 0 saturated carbocycles. The van der Waals surface area contributed by atoms with E-state index in [4.69, 9.17) is 0 Å². The van der Waals surface area contributed by atoms with Crippen molar-refractivity contribution in [2.75, 3.05) is 0 Å². The molecule has 2 nitrogen and oxygen atoms in total. The highest BCUT2D eigenvalue weighted by Gasteiger charge is 2.41. The Morgan fingerprint density at radius 2 is 1.00 bits per heavy atom. The van der Waals surface area contributed by atoms with Crippen LogP contribution in [-0.4, -0.2) is 9.13 Å². The highest BCUT2D eigenvalue weighted by atomic mass is 15.0. The second-order valence-corrected chi connectivity index (χ2v) is 13.3. The first kappa shape index (κ1) is 26.4.